The lowest BCUT2D eigenvalue weighted by Gasteiger charge is -2.13. The van der Waals surface area contributed by atoms with E-state index in [1.165, 1.54) is 0 Å². The Morgan fingerprint density at radius 3 is 3.00 bits per heavy atom. The molecule has 1 saturated carbocycles. The Morgan fingerprint density at radius 1 is 1.52 bits per heavy atom. The number of hydrogen-bond donors (Lipinski definition) is 2. The van der Waals surface area contributed by atoms with Crippen molar-refractivity contribution in [3.8, 4) is 0 Å². The third-order valence-corrected chi connectivity index (χ3v) is 3.85. The highest BCUT2D eigenvalue weighted by atomic mass is 16.2. The number of amides is 1. The summed E-state index contributed by atoms with van der Waals surface area (Å²) in [4.78, 5) is 16.3. The van der Waals surface area contributed by atoms with Crippen LogP contribution in [0.1, 0.15) is 31.0 Å². The summed E-state index contributed by atoms with van der Waals surface area (Å²) in [6.07, 6.45) is 4.06. The van der Waals surface area contributed by atoms with E-state index in [-0.39, 0.29) is 11.9 Å². The van der Waals surface area contributed by atoms with E-state index < -0.39 is 0 Å². The third kappa shape index (κ3) is 3.05. The first kappa shape index (κ1) is 14.0. The number of nitrogens with one attached hydrogen (secondary N) is 2. The number of fused-ring (bicyclic) bond motifs is 1. The Labute approximate surface area is 123 Å². The zero-order valence-electron chi connectivity index (χ0n) is 12.7. The van der Waals surface area contributed by atoms with Crippen LogP contribution in [0.4, 0.5) is 0 Å². The van der Waals surface area contributed by atoms with E-state index in [4.69, 9.17) is 0 Å². The summed E-state index contributed by atoms with van der Waals surface area (Å²) in [5.74, 6) is 0.0732. The largest absolute Gasteiger partial charge is 0.352 e. The first-order chi connectivity index (χ1) is 10.0. The molecule has 21 heavy (non-hydrogen) atoms. The molecule has 2 N–H and O–H groups in total. The topological polar surface area (TPSA) is 71.8 Å². The molecule has 0 aromatic carbocycles. The Balaban J connectivity index is 1.64. The Kier molecular flexibility index (Phi) is 3.63. The van der Waals surface area contributed by atoms with Crippen LogP contribution in [0.25, 0.3) is 11.0 Å². The molecule has 2 heterocycles. The van der Waals surface area contributed by atoms with Crippen molar-refractivity contribution in [1.82, 2.24) is 25.4 Å². The van der Waals surface area contributed by atoms with Crippen LogP contribution in [-0.2, 0) is 18.4 Å². The molecule has 1 unspecified atom stereocenters. The van der Waals surface area contributed by atoms with Crippen molar-refractivity contribution < 1.29 is 4.79 Å². The van der Waals surface area contributed by atoms with Crippen molar-refractivity contribution in [3.05, 3.63) is 23.5 Å². The standard InChI is InChI=1S/C15H21N5O/c1-9-13-6-11(8-17-14(13)20(3)19-9)7-16-10(2)15(21)18-12-4-5-12/h6,8,10,12,16H,4-5,7H2,1-3H3,(H,18,21). The highest BCUT2D eigenvalue weighted by molar-refractivity contribution is 5.82. The van der Waals surface area contributed by atoms with E-state index >= 15 is 0 Å². The summed E-state index contributed by atoms with van der Waals surface area (Å²) >= 11 is 0. The predicted octanol–water partition coefficient (Wildman–Crippen LogP) is 1.03. The smallest absolute Gasteiger partial charge is 0.237 e. The van der Waals surface area contributed by atoms with E-state index in [1.54, 1.807) is 4.68 Å². The molecule has 1 aliphatic carbocycles. The van der Waals surface area contributed by atoms with Gasteiger partial charge in [-0.3, -0.25) is 9.48 Å². The minimum Gasteiger partial charge on any atom is -0.352 e. The molecule has 1 amide bonds. The quantitative estimate of drug-likeness (QED) is 0.861. The lowest BCUT2D eigenvalue weighted by atomic mass is 10.2. The maximum absolute atomic E-state index is 11.9. The molecule has 6 nitrogen and oxygen atoms in total. The van der Waals surface area contributed by atoms with E-state index in [2.05, 4.69) is 26.8 Å². The second kappa shape index (κ2) is 5.44. The van der Waals surface area contributed by atoms with Crippen LogP contribution in [0.3, 0.4) is 0 Å². The predicted molar refractivity (Wildman–Crippen MR) is 80.7 cm³/mol. The van der Waals surface area contributed by atoms with Gasteiger partial charge in [-0.25, -0.2) is 4.98 Å². The molecule has 3 rings (SSSR count). The summed E-state index contributed by atoms with van der Waals surface area (Å²) in [6, 6.07) is 2.29. The number of aromatic nitrogens is 3. The third-order valence-electron chi connectivity index (χ3n) is 3.85. The van der Waals surface area contributed by atoms with Gasteiger partial charge in [0.25, 0.3) is 0 Å². The van der Waals surface area contributed by atoms with Gasteiger partial charge >= 0.3 is 0 Å². The molecule has 0 saturated heterocycles. The van der Waals surface area contributed by atoms with E-state index in [9.17, 15) is 4.79 Å². The summed E-state index contributed by atoms with van der Waals surface area (Å²) in [5.41, 5.74) is 2.92. The maximum atomic E-state index is 11.9. The summed E-state index contributed by atoms with van der Waals surface area (Å²) < 4.78 is 1.79. The molecule has 1 atom stereocenters. The molecule has 0 bridgehead atoms. The van der Waals surface area contributed by atoms with Gasteiger partial charge in [0.1, 0.15) is 0 Å². The molecule has 2 aromatic rings. The SMILES string of the molecule is Cc1nn(C)c2ncc(CNC(C)C(=O)NC3CC3)cc12. The van der Waals surface area contributed by atoms with Crippen molar-refractivity contribution in [2.45, 2.75) is 45.3 Å². The van der Waals surface area contributed by atoms with Crippen LogP contribution in [0.2, 0.25) is 0 Å². The molecule has 0 aliphatic heterocycles. The lowest BCUT2D eigenvalue weighted by molar-refractivity contribution is -0.122. The molecule has 112 valence electrons. The lowest BCUT2D eigenvalue weighted by Crippen LogP contribution is -2.42. The van der Waals surface area contributed by atoms with Crippen LogP contribution in [0.5, 0.6) is 0 Å². The van der Waals surface area contributed by atoms with Crippen LogP contribution in [0, 0.1) is 6.92 Å². The average Bonchev–Trinajstić information content (AvgIpc) is 3.23. The molecule has 0 spiro atoms. The minimum absolute atomic E-state index is 0.0732. The molecular weight excluding hydrogens is 266 g/mol. The fourth-order valence-electron chi connectivity index (χ4n) is 2.37. The van der Waals surface area contributed by atoms with Gasteiger partial charge in [-0.15, -0.1) is 0 Å². The second-order valence-corrected chi connectivity index (χ2v) is 5.81. The Hall–Kier alpha value is -1.95. The number of aryl methyl sites for hydroxylation is 2. The van der Waals surface area contributed by atoms with Crippen LogP contribution in [-0.4, -0.2) is 32.8 Å². The maximum Gasteiger partial charge on any atom is 0.237 e. The van der Waals surface area contributed by atoms with Gasteiger partial charge < -0.3 is 10.6 Å². The van der Waals surface area contributed by atoms with Gasteiger partial charge in [-0.05, 0) is 38.3 Å². The first-order valence-electron chi connectivity index (χ1n) is 7.36. The number of rotatable bonds is 5. The zero-order valence-corrected chi connectivity index (χ0v) is 12.7. The number of carbonyl (C=O) groups excluding carboxylic acids is 1. The second-order valence-electron chi connectivity index (χ2n) is 5.81. The van der Waals surface area contributed by atoms with Crippen molar-refractivity contribution in [2.24, 2.45) is 7.05 Å². The fourth-order valence-corrected chi connectivity index (χ4v) is 2.37. The number of pyridine rings is 1. The summed E-state index contributed by atoms with van der Waals surface area (Å²) in [7, 11) is 1.89. The van der Waals surface area contributed by atoms with E-state index in [1.807, 2.05) is 27.1 Å². The zero-order chi connectivity index (χ0) is 15.0. The normalized spacial score (nSPS) is 16.1. The highest BCUT2D eigenvalue weighted by Crippen LogP contribution is 2.19. The average molecular weight is 287 g/mol. The Bertz CT molecular complexity index is 674. The molecule has 1 fully saturated rings. The van der Waals surface area contributed by atoms with Crippen molar-refractivity contribution in [3.63, 3.8) is 0 Å². The monoisotopic (exact) mass is 287 g/mol. The molecule has 2 aromatic heterocycles. The van der Waals surface area contributed by atoms with Crippen molar-refractivity contribution in [2.75, 3.05) is 0 Å². The van der Waals surface area contributed by atoms with E-state index in [0.717, 1.165) is 35.1 Å². The number of carbonyl (C=O) groups is 1. The minimum atomic E-state index is -0.198. The van der Waals surface area contributed by atoms with Crippen LogP contribution >= 0.6 is 0 Å². The molecular formula is C15H21N5O. The van der Waals surface area contributed by atoms with Crippen LogP contribution < -0.4 is 10.6 Å². The van der Waals surface area contributed by atoms with Gasteiger partial charge in [0, 0.05) is 31.2 Å². The van der Waals surface area contributed by atoms with E-state index in [0.29, 0.717) is 12.6 Å². The van der Waals surface area contributed by atoms with Gasteiger partial charge in [0.15, 0.2) is 5.65 Å². The van der Waals surface area contributed by atoms with Gasteiger partial charge in [0.05, 0.1) is 11.7 Å². The summed E-state index contributed by atoms with van der Waals surface area (Å²) in [5, 5.41) is 11.7. The highest BCUT2D eigenvalue weighted by Gasteiger charge is 2.25. The van der Waals surface area contributed by atoms with Crippen molar-refractivity contribution >= 4 is 16.9 Å². The molecule has 1 aliphatic rings. The van der Waals surface area contributed by atoms with Crippen LogP contribution in [0.15, 0.2) is 12.3 Å². The molecule has 0 radical (unpaired) electrons. The molecule has 6 heteroatoms. The van der Waals surface area contributed by atoms with Gasteiger partial charge in [0.2, 0.25) is 5.91 Å². The van der Waals surface area contributed by atoms with Gasteiger partial charge in [-0.2, -0.15) is 5.10 Å². The fraction of sp³-hybridized carbons (Fsp3) is 0.533. The number of hydrogen-bond acceptors (Lipinski definition) is 4. The van der Waals surface area contributed by atoms with Crippen molar-refractivity contribution in [1.29, 1.82) is 0 Å². The van der Waals surface area contributed by atoms with Gasteiger partial charge in [-0.1, -0.05) is 0 Å². The summed E-state index contributed by atoms with van der Waals surface area (Å²) in [6.45, 7) is 4.49. The number of nitrogens with zero attached hydrogens (tertiary/aromatic N) is 3. The Morgan fingerprint density at radius 2 is 2.29 bits per heavy atom. The first-order valence-corrected chi connectivity index (χ1v) is 7.36.